The van der Waals surface area contributed by atoms with Crippen molar-refractivity contribution in [3.05, 3.63) is 0 Å². The van der Waals surface area contributed by atoms with Gasteiger partial charge in [0.1, 0.15) is 0 Å². The van der Waals surface area contributed by atoms with Gasteiger partial charge in [0.05, 0.1) is 19.1 Å². The maximum atomic E-state index is 8.88. The smallest absolute Gasteiger partial charge is 0.0638 e. The van der Waals surface area contributed by atoms with Crippen molar-refractivity contribution in [1.29, 1.82) is 5.26 Å². The van der Waals surface area contributed by atoms with Crippen molar-refractivity contribution in [1.82, 2.24) is 10.2 Å². The highest BCUT2D eigenvalue weighted by atomic mass is 16.5. The lowest BCUT2D eigenvalue weighted by Gasteiger charge is -2.31. The Morgan fingerprint density at radius 1 is 1.59 bits per heavy atom. The lowest BCUT2D eigenvalue weighted by molar-refractivity contribution is 0.111. The maximum Gasteiger partial charge on any atom is 0.0638 e. The number of rotatable bonds is 8. The molecule has 0 aromatic carbocycles. The van der Waals surface area contributed by atoms with Gasteiger partial charge in [-0.25, -0.2) is 0 Å². The molecule has 1 rings (SSSR count). The number of nitrogens with zero attached hydrogens (tertiary/aromatic N) is 2. The third-order valence-electron chi connectivity index (χ3n) is 3.51. The molecule has 0 radical (unpaired) electrons. The molecule has 1 saturated heterocycles. The topological polar surface area (TPSA) is 48.3 Å². The van der Waals surface area contributed by atoms with Gasteiger partial charge in [-0.15, -0.1) is 0 Å². The third-order valence-corrected chi connectivity index (χ3v) is 3.51. The van der Waals surface area contributed by atoms with Crippen LogP contribution in [0.15, 0.2) is 0 Å². The molecule has 2 unspecified atom stereocenters. The van der Waals surface area contributed by atoms with Crippen LogP contribution in [0.5, 0.6) is 0 Å². The SMILES string of the molecule is CCC(CC#N)N(CCOC)CC1CCCN1. The van der Waals surface area contributed by atoms with Gasteiger partial charge in [-0.3, -0.25) is 4.90 Å². The molecule has 1 N–H and O–H groups in total. The molecule has 0 spiro atoms. The molecule has 98 valence electrons. The minimum Gasteiger partial charge on any atom is -0.383 e. The minimum atomic E-state index is 0.373. The van der Waals surface area contributed by atoms with Gasteiger partial charge in [-0.1, -0.05) is 6.92 Å². The summed E-state index contributed by atoms with van der Waals surface area (Å²) in [5, 5.41) is 12.4. The maximum absolute atomic E-state index is 8.88. The van der Waals surface area contributed by atoms with Gasteiger partial charge in [-0.05, 0) is 25.8 Å². The van der Waals surface area contributed by atoms with E-state index in [9.17, 15) is 0 Å². The molecule has 1 aliphatic rings. The molecule has 1 aliphatic heterocycles. The van der Waals surface area contributed by atoms with E-state index in [2.05, 4.69) is 23.2 Å². The molecule has 2 atom stereocenters. The van der Waals surface area contributed by atoms with Crippen LogP contribution in [0.25, 0.3) is 0 Å². The third kappa shape index (κ3) is 5.03. The molecule has 4 heteroatoms. The summed E-state index contributed by atoms with van der Waals surface area (Å²) in [7, 11) is 1.73. The number of methoxy groups -OCH3 is 1. The first-order valence-electron chi connectivity index (χ1n) is 6.65. The largest absolute Gasteiger partial charge is 0.383 e. The van der Waals surface area contributed by atoms with E-state index in [-0.39, 0.29) is 0 Å². The molecular weight excluding hydrogens is 214 g/mol. The Morgan fingerprint density at radius 2 is 2.41 bits per heavy atom. The molecule has 1 fully saturated rings. The van der Waals surface area contributed by atoms with Crippen LogP contribution >= 0.6 is 0 Å². The molecule has 0 aromatic rings. The Labute approximate surface area is 105 Å². The summed E-state index contributed by atoms with van der Waals surface area (Å²) in [6, 6.07) is 3.27. The van der Waals surface area contributed by atoms with Gasteiger partial charge in [0.2, 0.25) is 0 Å². The van der Waals surface area contributed by atoms with Crippen LogP contribution in [0, 0.1) is 11.3 Å². The Balaban J connectivity index is 2.47. The van der Waals surface area contributed by atoms with Crippen molar-refractivity contribution in [2.45, 2.75) is 44.7 Å². The highest BCUT2D eigenvalue weighted by Gasteiger charge is 2.22. The summed E-state index contributed by atoms with van der Waals surface area (Å²) >= 11 is 0. The van der Waals surface area contributed by atoms with Crippen LogP contribution < -0.4 is 5.32 Å². The summed E-state index contributed by atoms with van der Waals surface area (Å²) in [5.74, 6) is 0. The second kappa shape index (κ2) is 8.46. The Hall–Kier alpha value is -0.630. The van der Waals surface area contributed by atoms with Crippen molar-refractivity contribution < 1.29 is 4.74 Å². The second-order valence-corrected chi connectivity index (χ2v) is 4.71. The van der Waals surface area contributed by atoms with Crippen LogP contribution in [0.2, 0.25) is 0 Å². The van der Waals surface area contributed by atoms with E-state index in [4.69, 9.17) is 10.00 Å². The summed E-state index contributed by atoms with van der Waals surface area (Å²) in [4.78, 5) is 2.41. The zero-order chi connectivity index (χ0) is 12.5. The second-order valence-electron chi connectivity index (χ2n) is 4.71. The fraction of sp³-hybridized carbons (Fsp3) is 0.923. The van der Waals surface area contributed by atoms with E-state index in [0.29, 0.717) is 18.5 Å². The average Bonchev–Trinajstić information content (AvgIpc) is 2.84. The fourth-order valence-electron chi connectivity index (χ4n) is 2.46. The number of hydrogen-bond donors (Lipinski definition) is 1. The van der Waals surface area contributed by atoms with Gasteiger partial charge >= 0.3 is 0 Å². The minimum absolute atomic E-state index is 0.373. The summed E-state index contributed by atoms with van der Waals surface area (Å²) in [6.45, 7) is 6.01. The molecule has 0 aliphatic carbocycles. The van der Waals surface area contributed by atoms with Crippen molar-refractivity contribution in [3.63, 3.8) is 0 Å². The lowest BCUT2D eigenvalue weighted by atomic mass is 10.1. The predicted molar refractivity (Wildman–Crippen MR) is 68.8 cm³/mol. The van der Waals surface area contributed by atoms with E-state index in [1.54, 1.807) is 7.11 Å². The quantitative estimate of drug-likeness (QED) is 0.695. The Bertz CT molecular complexity index is 233. The Kier molecular flexibility index (Phi) is 7.18. The van der Waals surface area contributed by atoms with Crippen LogP contribution in [0.4, 0.5) is 0 Å². The zero-order valence-electron chi connectivity index (χ0n) is 11.1. The van der Waals surface area contributed by atoms with Crippen molar-refractivity contribution in [3.8, 4) is 6.07 Å². The normalized spacial score (nSPS) is 21.6. The van der Waals surface area contributed by atoms with Crippen molar-refractivity contribution in [2.24, 2.45) is 0 Å². The van der Waals surface area contributed by atoms with E-state index in [1.165, 1.54) is 12.8 Å². The molecule has 0 saturated carbocycles. The van der Waals surface area contributed by atoms with E-state index in [0.717, 1.165) is 32.7 Å². The van der Waals surface area contributed by atoms with Crippen LogP contribution in [0.1, 0.15) is 32.6 Å². The zero-order valence-corrected chi connectivity index (χ0v) is 11.1. The molecule has 0 amide bonds. The molecule has 17 heavy (non-hydrogen) atoms. The van der Waals surface area contributed by atoms with Gasteiger partial charge in [0.15, 0.2) is 0 Å². The van der Waals surface area contributed by atoms with E-state index < -0.39 is 0 Å². The molecular formula is C13H25N3O. The van der Waals surface area contributed by atoms with Gasteiger partial charge in [-0.2, -0.15) is 5.26 Å². The highest BCUT2D eigenvalue weighted by Crippen LogP contribution is 2.13. The molecule has 0 bridgehead atoms. The van der Waals surface area contributed by atoms with Gasteiger partial charge in [0, 0.05) is 32.3 Å². The van der Waals surface area contributed by atoms with Crippen molar-refractivity contribution in [2.75, 3.05) is 33.4 Å². The van der Waals surface area contributed by atoms with Crippen LogP contribution in [-0.2, 0) is 4.74 Å². The summed E-state index contributed by atoms with van der Waals surface area (Å²) in [5.41, 5.74) is 0. The monoisotopic (exact) mass is 239 g/mol. The summed E-state index contributed by atoms with van der Waals surface area (Å²) < 4.78 is 5.16. The first-order valence-corrected chi connectivity index (χ1v) is 6.65. The first-order chi connectivity index (χ1) is 8.31. The van der Waals surface area contributed by atoms with Crippen LogP contribution in [0.3, 0.4) is 0 Å². The van der Waals surface area contributed by atoms with Crippen molar-refractivity contribution >= 4 is 0 Å². The standard InChI is InChI=1S/C13H25N3O/c1-3-13(6-7-14)16(9-10-17-2)11-12-5-4-8-15-12/h12-13,15H,3-6,8-11H2,1-2H3. The van der Waals surface area contributed by atoms with Gasteiger partial charge < -0.3 is 10.1 Å². The Morgan fingerprint density at radius 3 is 2.94 bits per heavy atom. The molecule has 1 heterocycles. The lowest BCUT2D eigenvalue weighted by Crippen LogP contribution is -2.44. The number of ether oxygens (including phenoxy) is 1. The first kappa shape index (κ1) is 14.4. The summed E-state index contributed by atoms with van der Waals surface area (Å²) in [6.07, 6.45) is 4.18. The predicted octanol–water partition coefficient (Wildman–Crippen LogP) is 1.38. The van der Waals surface area contributed by atoms with E-state index in [1.807, 2.05) is 0 Å². The van der Waals surface area contributed by atoms with Gasteiger partial charge in [0.25, 0.3) is 0 Å². The molecule has 0 aromatic heterocycles. The van der Waals surface area contributed by atoms with Crippen LogP contribution in [-0.4, -0.2) is 50.3 Å². The van der Waals surface area contributed by atoms with E-state index >= 15 is 0 Å². The average molecular weight is 239 g/mol. The number of nitrogens with one attached hydrogen (secondary N) is 1. The fourth-order valence-corrected chi connectivity index (χ4v) is 2.46. The highest BCUT2D eigenvalue weighted by molar-refractivity contribution is 4.86. The number of nitriles is 1. The number of hydrogen-bond acceptors (Lipinski definition) is 4. The molecule has 4 nitrogen and oxygen atoms in total.